The topological polar surface area (TPSA) is 88.4 Å². The van der Waals surface area contributed by atoms with Gasteiger partial charge in [0, 0.05) is 23.9 Å². The summed E-state index contributed by atoms with van der Waals surface area (Å²) in [7, 11) is 0. The van der Waals surface area contributed by atoms with E-state index >= 15 is 0 Å². The van der Waals surface area contributed by atoms with Crippen LogP contribution in [0.1, 0.15) is 41.1 Å². The smallest absolute Gasteiger partial charge is 0.251 e. The molecule has 1 atom stereocenters. The Morgan fingerprint density at radius 1 is 1.24 bits per heavy atom. The molecule has 25 heavy (non-hydrogen) atoms. The highest BCUT2D eigenvalue weighted by atomic mass is 16.2. The molecule has 7 heteroatoms. The fourth-order valence-electron chi connectivity index (χ4n) is 3.02. The highest BCUT2D eigenvalue weighted by molar-refractivity contribution is 5.98. The van der Waals surface area contributed by atoms with E-state index in [1.54, 1.807) is 12.1 Å². The highest BCUT2D eigenvalue weighted by Crippen LogP contribution is 2.24. The number of hydrogen-bond acceptors (Lipinski definition) is 4. The fraction of sp³-hybridized carbons (Fsp3) is 0.222. The van der Waals surface area contributed by atoms with Crippen LogP contribution in [0.25, 0.3) is 5.65 Å². The summed E-state index contributed by atoms with van der Waals surface area (Å²) in [4.78, 5) is 24.0. The molecule has 0 spiro atoms. The molecule has 0 fully saturated rings. The Hall–Kier alpha value is -3.22. The zero-order valence-electron chi connectivity index (χ0n) is 13.7. The number of fused-ring (bicyclic) bond motifs is 2. The second-order valence-corrected chi connectivity index (χ2v) is 6.10. The van der Waals surface area contributed by atoms with Gasteiger partial charge in [0.1, 0.15) is 0 Å². The van der Waals surface area contributed by atoms with Crippen molar-refractivity contribution in [3.05, 3.63) is 59.5 Å². The Balaban J connectivity index is 1.54. The van der Waals surface area contributed by atoms with Crippen molar-refractivity contribution in [2.75, 3.05) is 5.32 Å². The predicted molar refractivity (Wildman–Crippen MR) is 92.3 cm³/mol. The Morgan fingerprint density at radius 3 is 3.00 bits per heavy atom. The average Bonchev–Trinajstić information content (AvgIpc) is 3.05. The molecule has 7 nitrogen and oxygen atoms in total. The zero-order valence-corrected chi connectivity index (χ0v) is 13.7. The maximum atomic E-state index is 12.6. The van der Waals surface area contributed by atoms with Crippen molar-refractivity contribution in [3.8, 4) is 0 Å². The van der Waals surface area contributed by atoms with Crippen molar-refractivity contribution in [3.63, 3.8) is 0 Å². The van der Waals surface area contributed by atoms with Crippen LogP contribution in [0.2, 0.25) is 0 Å². The predicted octanol–water partition coefficient (Wildman–Crippen LogP) is 2.10. The fourth-order valence-corrected chi connectivity index (χ4v) is 3.02. The first-order valence-corrected chi connectivity index (χ1v) is 8.15. The number of anilines is 1. The maximum absolute atomic E-state index is 12.6. The van der Waals surface area contributed by atoms with Crippen LogP contribution >= 0.6 is 0 Å². The molecule has 2 aromatic heterocycles. The van der Waals surface area contributed by atoms with E-state index in [9.17, 15) is 9.59 Å². The lowest BCUT2D eigenvalue weighted by atomic mass is 10.00. The Kier molecular flexibility index (Phi) is 3.68. The molecule has 0 radical (unpaired) electrons. The average molecular weight is 335 g/mol. The maximum Gasteiger partial charge on any atom is 0.251 e. The van der Waals surface area contributed by atoms with E-state index in [4.69, 9.17) is 0 Å². The minimum atomic E-state index is -0.291. The number of hydrogen-bond donors (Lipinski definition) is 2. The van der Waals surface area contributed by atoms with E-state index in [1.165, 1.54) is 0 Å². The standard InChI is InChI=1S/C18H17N5O2/c1-11(17-22-21-15-4-2-3-9-23(15)17)19-18(25)13-5-7-14-12(10-13)6-8-16(24)20-14/h2-5,7,9-11H,6,8H2,1H3,(H,19,25)(H,20,24)/t11-/m1/s1. The molecule has 2 N–H and O–H groups in total. The molecular formula is C18H17N5O2. The quantitative estimate of drug-likeness (QED) is 0.767. The van der Waals surface area contributed by atoms with Crippen LogP contribution in [-0.2, 0) is 11.2 Å². The van der Waals surface area contributed by atoms with Crippen molar-refractivity contribution in [1.82, 2.24) is 19.9 Å². The number of carbonyl (C=O) groups excluding carboxylic acids is 2. The summed E-state index contributed by atoms with van der Waals surface area (Å²) in [6.45, 7) is 1.87. The van der Waals surface area contributed by atoms with Crippen LogP contribution in [0.15, 0.2) is 42.6 Å². The molecule has 4 rings (SSSR count). The van der Waals surface area contributed by atoms with Gasteiger partial charge in [-0.3, -0.25) is 14.0 Å². The molecule has 0 unspecified atom stereocenters. The summed E-state index contributed by atoms with van der Waals surface area (Å²) in [5, 5.41) is 14.1. The largest absolute Gasteiger partial charge is 0.342 e. The van der Waals surface area contributed by atoms with E-state index in [0.717, 1.165) is 16.9 Å². The van der Waals surface area contributed by atoms with Gasteiger partial charge in [-0.15, -0.1) is 10.2 Å². The molecule has 3 aromatic rings. The lowest BCUT2D eigenvalue weighted by Gasteiger charge is -2.18. The number of nitrogens with zero attached hydrogens (tertiary/aromatic N) is 3. The lowest BCUT2D eigenvalue weighted by Crippen LogP contribution is -2.28. The number of aryl methyl sites for hydroxylation is 1. The number of aromatic nitrogens is 3. The van der Waals surface area contributed by atoms with Crippen LogP contribution in [0.3, 0.4) is 0 Å². The number of carbonyl (C=O) groups is 2. The van der Waals surface area contributed by atoms with Crippen molar-refractivity contribution in [2.24, 2.45) is 0 Å². The SMILES string of the molecule is C[C@@H](NC(=O)c1ccc2c(c1)CCC(=O)N2)c1nnc2ccccn12. The van der Waals surface area contributed by atoms with Crippen molar-refractivity contribution >= 4 is 23.1 Å². The third kappa shape index (κ3) is 2.84. The van der Waals surface area contributed by atoms with Gasteiger partial charge in [0.25, 0.3) is 5.91 Å². The molecule has 1 aliphatic rings. The second kappa shape index (κ2) is 6.01. The number of nitrogens with one attached hydrogen (secondary N) is 2. The van der Waals surface area contributed by atoms with E-state index in [0.29, 0.717) is 24.2 Å². The first kappa shape index (κ1) is 15.3. The second-order valence-electron chi connectivity index (χ2n) is 6.10. The van der Waals surface area contributed by atoms with Gasteiger partial charge < -0.3 is 10.6 Å². The van der Waals surface area contributed by atoms with E-state index < -0.39 is 0 Å². The molecule has 1 aromatic carbocycles. The molecule has 126 valence electrons. The molecule has 0 saturated heterocycles. The monoisotopic (exact) mass is 335 g/mol. The minimum absolute atomic E-state index is 0.0111. The summed E-state index contributed by atoms with van der Waals surface area (Å²) < 4.78 is 1.85. The summed E-state index contributed by atoms with van der Waals surface area (Å²) in [5.41, 5.74) is 3.07. The molecule has 0 saturated carbocycles. The van der Waals surface area contributed by atoms with Gasteiger partial charge in [-0.05, 0) is 49.2 Å². The lowest BCUT2D eigenvalue weighted by molar-refractivity contribution is -0.116. The Labute approximate surface area is 144 Å². The third-order valence-corrected chi connectivity index (χ3v) is 4.34. The van der Waals surface area contributed by atoms with Gasteiger partial charge in [-0.1, -0.05) is 6.07 Å². The van der Waals surface area contributed by atoms with Crippen molar-refractivity contribution in [2.45, 2.75) is 25.8 Å². The van der Waals surface area contributed by atoms with E-state index in [1.807, 2.05) is 41.8 Å². The minimum Gasteiger partial charge on any atom is -0.342 e. The van der Waals surface area contributed by atoms with Crippen LogP contribution < -0.4 is 10.6 Å². The molecular weight excluding hydrogens is 318 g/mol. The highest BCUT2D eigenvalue weighted by Gasteiger charge is 2.19. The molecule has 3 heterocycles. The Morgan fingerprint density at radius 2 is 2.12 bits per heavy atom. The number of pyridine rings is 1. The van der Waals surface area contributed by atoms with Gasteiger partial charge in [-0.2, -0.15) is 0 Å². The van der Waals surface area contributed by atoms with Gasteiger partial charge in [-0.25, -0.2) is 0 Å². The van der Waals surface area contributed by atoms with Gasteiger partial charge in [0.05, 0.1) is 6.04 Å². The van der Waals surface area contributed by atoms with E-state index in [-0.39, 0.29) is 17.9 Å². The zero-order chi connectivity index (χ0) is 17.4. The summed E-state index contributed by atoms with van der Waals surface area (Å²) in [5.74, 6) is 0.506. The molecule has 0 aliphatic carbocycles. The Bertz CT molecular complexity index is 979. The van der Waals surface area contributed by atoms with Gasteiger partial charge >= 0.3 is 0 Å². The molecule has 2 amide bonds. The summed E-state index contributed by atoms with van der Waals surface area (Å²) >= 11 is 0. The third-order valence-electron chi connectivity index (χ3n) is 4.34. The number of benzene rings is 1. The summed E-state index contributed by atoms with van der Waals surface area (Å²) in [6, 6.07) is 10.7. The van der Waals surface area contributed by atoms with Crippen molar-refractivity contribution in [1.29, 1.82) is 0 Å². The van der Waals surface area contributed by atoms with Gasteiger partial charge in [0.2, 0.25) is 5.91 Å². The first-order chi connectivity index (χ1) is 12.1. The van der Waals surface area contributed by atoms with Crippen LogP contribution in [0.5, 0.6) is 0 Å². The van der Waals surface area contributed by atoms with Crippen molar-refractivity contribution < 1.29 is 9.59 Å². The number of rotatable bonds is 3. The van der Waals surface area contributed by atoms with Crippen LogP contribution in [-0.4, -0.2) is 26.4 Å². The van der Waals surface area contributed by atoms with E-state index in [2.05, 4.69) is 20.8 Å². The van der Waals surface area contributed by atoms with Crippen LogP contribution in [0, 0.1) is 0 Å². The number of amides is 2. The van der Waals surface area contributed by atoms with Gasteiger partial charge in [0.15, 0.2) is 11.5 Å². The normalized spacial score (nSPS) is 14.7. The van der Waals surface area contributed by atoms with Crippen LogP contribution in [0.4, 0.5) is 5.69 Å². The molecule has 0 bridgehead atoms. The molecule has 1 aliphatic heterocycles. The first-order valence-electron chi connectivity index (χ1n) is 8.15. The summed E-state index contributed by atoms with van der Waals surface area (Å²) in [6.07, 6.45) is 2.96.